The maximum absolute atomic E-state index is 12.8. The average Bonchev–Trinajstić information content (AvgIpc) is 3.30. The molecule has 4 rings (SSSR count). The summed E-state index contributed by atoms with van der Waals surface area (Å²) in [7, 11) is 1.47. The van der Waals surface area contributed by atoms with Crippen LogP contribution >= 0.6 is 0 Å². The Morgan fingerprint density at radius 3 is 2.00 bits per heavy atom. The molecule has 34 heavy (non-hydrogen) atoms. The first-order valence-electron chi connectivity index (χ1n) is 10.7. The lowest BCUT2D eigenvalue weighted by Crippen LogP contribution is -2.51. The maximum atomic E-state index is 12.8. The lowest BCUT2D eigenvalue weighted by molar-refractivity contribution is 0.0896. The molecule has 0 spiro atoms. The number of rotatable bonds is 7. The number of hydrogen-bond donors (Lipinski definition) is 4. The number of aromatic nitrogens is 1. The number of carbonyl (C=O) groups excluding carboxylic acids is 3. The number of nitrogens with zero attached hydrogens (tertiary/aromatic N) is 1. The van der Waals surface area contributed by atoms with Crippen LogP contribution in [-0.4, -0.2) is 60.0 Å². The van der Waals surface area contributed by atoms with Gasteiger partial charge in [-0.3, -0.25) is 19.4 Å². The van der Waals surface area contributed by atoms with Gasteiger partial charge in [0.15, 0.2) is 5.78 Å². The molecule has 0 bridgehead atoms. The average molecular weight is 460 g/mol. The number of phenolic OH excluding ortho intramolecular Hbond substituents is 1. The lowest BCUT2D eigenvalue weighted by Gasteiger charge is -2.21. The van der Waals surface area contributed by atoms with Crippen molar-refractivity contribution in [3.05, 3.63) is 89.2 Å². The summed E-state index contributed by atoms with van der Waals surface area (Å²) in [4.78, 5) is 41.9. The summed E-state index contributed by atoms with van der Waals surface area (Å²) in [6, 6.07) is 13.3. The third-order valence-electron chi connectivity index (χ3n) is 5.65. The smallest absolute Gasteiger partial charge is 0.251 e. The van der Waals surface area contributed by atoms with E-state index in [9.17, 15) is 19.5 Å². The van der Waals surface area contributed by atoms with E-state index < -0.39 is 0 Å². The highest BCUT2D eigenvalue weighted by Crippen LogP contribution is 2.25. The van der Waals surface area contributed by atoms with Gasteiger partial charge in [0.1, 0.15) is 11.5 Å². The molecule has 1 fully saturated rings. The predicted molar refractivity (Wildman–Crippen MR) is 124 cm³/mol. The molecule has 2 atom stereocenters. The molecule has 0 radical (unpaired) electrons. The van der Waals surface area contributed by atoms with E-state index in [4.69, 9.17) is 4.74 Å². The van der Waals surface area contributed by atoms with Gasteiger partial charge in [0.05, 0.1) is 24.8 Å². The van der Waals surface area contributed by atoms with Crippen molar-refractivity contribution >= 4 is 17.6 Å². The van der Waals surface area contributed by atoms with Crippen LogP contribution in [0.2, 0.25) is 0 Å². The number of aromatic hydroxyl groups is 1. The normalized spacial score (nSPS) is 17.1. The van der Waals surface area contributed by atoms with E-state index in [1.54, 1.807) is 42.7 Å². The van der Waals surface area contributed by atoms with E-state index in [0.29, 0.717) is 35.5 Å². The van der Waals surface area contributed by atoms with Gasteiger partial charge in [0.2, 0.25) is 0 Å². The molecule has 1 aliphatic rings. The number of phenols is 1. The molecule has 9 heteroatoms. The molecule has 3 aromatic rings. The van der Waals surface area contributed by atoms with Crippen molar-refractivity contribution in [3.8, 4) is 11.5 Å². The molecule has 1 aliphatic heterocycles. The van der Waals surface area contributed by atoms with E-state index in [1.807, 2.05) is 0 Å². The van der Waals surface area contributed by atoms with Crippen LogP contribution in [0.3, 0.4) is 0 Å². The molecule has 1 saturated heterocycles. The van der Waals surface area contributed by atoms with E-state index in [0.717, 1.165) is 0 Å². The van der Waals surface area contributed by atoms with Crippen molar-refractivity contribution in [1.82, 2.24) is 20.9 Å². The van der Waals surface area contributed by atoms with E-state index in [2.05, 4.69) is 20.9 Å². The summed E-state index contributed by atoms with van der Waals surface area (Å²) in [5.74, 6) is -0.661. The second kappa shape index (κ2) is 10.1. The second-order valence-corrected chi connectivity index (χ2v) is 7.84. The second-order valence-electron chi connectivity index (χ2n) is 7.84. The fourth-order valence-electron chi connectivity index (χ4n) is 3.75. The summed E-state index contributed by atoms with van der Waals surface area (Å²) in [5, 5.41) is 19.2. The highest BCUT2D eigenvalue weighted by atomic mass is 16.5. The molecule has 2 amide bonds. The van der Waals surface area contributed by atoms with Crippen molar-refractivity contribution in [2.45, 2.75) is 12.1 Å². The number of amides is 2. The zero-order valence-corrected chi connectivity index (χ0v) is 18.4. The third kappa shape index (κ3) is 5.05. The lowest BCUT2D eigenvalue weighted by atomic mass is 10.0. The Balaban J connectivity index is 1.39. The van der Waals surface area contributed by atoms with Gasteiger partial charge in [0, 0.05) is 48.2 Å². The molecule has 2 heterocycles. The summed E-state index contributed by atoms with van der Waals surface area (Å²) >= 11 is 0. The molecule has 4 N–H and O–H groups in total. The highest BCUT2D eigenvalue weighted by Gasteiger charge is 2.30. The molecule has 174 valence electrons. The van der Waals surface area contributed by atoms with E-state index in [-0.39, 0.29) is 41.0 Å². The van der Waals surface area contributed by atoms with Gasteiger partial charge in [-0.15, -0.1) is 0 Å². The van der Waals surface area contributed by atoms with Crippen LogP contribution in [-0.2, 0) is 0 Å². The number of benzene rings is 2. The van der Waals surface area contributed by atoms with Crippen molar-refractivity contribution in [2.75, 3.05) is 20.2 Å². The Bertz CT molecular complexity index is 1200. The molecular formula is C25H24N4O5. The summed E-state index contributed by atoms with van der Waals surface area (Å²) in [6.07, 6.45) is 3.09. The van der Waals surface area contributed by atoms with E-state index in [1.165, 1.54) is 31.4 Å². The van der Waals surface area contributed by atoms with Gasteiger partial charge < -0.3 is 25.8 Å². The minimum Gasteiger partial charge on any atom is -0.507 e. The van der Waals surface area contributed by atoms with Gasteiger partial charge in [0.25, 0.3) is 11.8 Å². The highest BCUT2D eigenvalue weighted by molar-refractivity contribution is 6.11. The van der Waals surface area contributed by atoms with Crippen LogP contribution in [0, 0.1) is 0 Å². The first-order valence-corrected chi connectivity index (χ1v) is 10.7. The van der Waals surface area contributed by atoms with Crippen molar-refractivity contribution in [3.63, 3.8) is 0 Å². The molecule has 1 aromatic heterocycles. The number of nitrogens with one attached hydrogen (secondary N) is 3. The third-order valence-corrected chi connectivity index (χ3v) is 5.65. The summed E-state index contributed by atoms with van der Waals surface area (Å²) in [5.41, 5.74) is 1.35. The standard InChI is InChI=1S/C25H24N4O5/c1-34-18-6-7-19(22(30)12-18)23(31)15-2-4-16(5-3-15)24(32)28-20-13-27-14-21(20)29-25(33)17-8-10-26-11-9-17/h2-12,20-21,27,30H,13-14H2,1H3,(H,28,32)(H,29,33)/t20-,21-/m1/s1. The Labute approximate surface area is 196 Å². The predicted octanol–water partition coefficient (Wildman–Crippen LogP) is 1.53. The number of ether oxygens (including phenoxy) is 1. The minimum atomic E-state index is -0.369. The zero-order chi connectivity index (χ0) is 24.1. The SMILES string of the molecule is COc1ccc(C(=O)c2ccc(C(=O)N[C@@H]3CNC[C@H]3NC(=O)c3ccncc3)cc2)c(O)c1. The largest absolute Gasteiger partial charge is 0.507 e. The van der Waals surface area contributed by atoms with E-state index >= 15 is 0 Å². The molecule has 0 saturated carbocycles. The van der Waals surface area contributed by atoms with Gasteiger partial charge >= 0.3 is 0 Å². The molecule has 0 unspecified atom stereocenters. The number of methoxy groups -OCH3 is 1. The van der Waals surface area contributed by atoms with Gasteiger partial charge in [-0.1, -0.05) is 12.1 Å². The van der Waals surface area contributed by atoms with Crippen molar-refractivity contribution in [1.29, 1.82) is 0 Å². The van der Waals surface area contributed by atoms with Gasteiger partial charge in [-0.25, -0.2) is 0 Å². The zero-order valence-electron chi connectivity index (χ0n) is 18.4. The monoisotopic (exact) mass is 460 g/mol. The molecule has 2 aromatic carbocycles. The van der Waals surface area contributed by atoms with Crippen LogP contribution in [0.4, 0.5) is 0 Å². The molecule has 0 aliphatic carbocycles. The summed E-state index contributed by atoms with van der Waals surface area (Å²) in [6.45, 7) is 1.04. The summed E-state index contributed by atoms with van der Waals surface area (Å²) < 4.78 is 5.04. The number of carbonyl (C=O) groups is 3. The van der Waals surface area contributed by atoms with Gasteiger partial charge in [-0.2, -0.15) is 0 Å². The number of ketones is 1. The van der Waals surface area contributed by atoms with Crippen LogP contribution in [0.25, 0.3) is 0 Å². The van der Waals surface area contributed by atoms with Crippen molar-refractivity contribution in [2.24, 2.45) is 0 Å². The number of hydrogen-bond acceptors (Lipinski definition) is 7. The number of pyridine rings is 1. The van der Waals surface area contributed by atoms with Crippen molar-refractivity contribution < 1.29 is 24.2 Å². The Morgan fingerprint density at radius 1 is 0.882 bits per heavy atom. The molecule has 9 nitrogen and oxygen atoms in total. The minimum absolute atomic E-state index is 0.141. The van der Waals surface area contributed by atoms with Crippen LogP contribution < -0.4 is 20.7 Å². The van der Waals surface area contributed by atoms with Gasteiger partial charge in [-0.05, 0) is 36.4 Å². The topological polar surface area (TPSA) is 130 Å². The fraction of sp³-hybridized carbons (Fsp3) is 0.200. The first-order chi connectivity index (χ1) is 16.5. The molecular weight excluding hydrogens is 436 g/mol. The van der Waals surface area contributed by atoms with Crippen LogP contribution in [0.1, 0.15) is 36.6 Å². The Kier molecular flexibility index (Phi) is 6.84. The Hall–Kier alpha value is -4.24. The van der Waals surface area contributed by atoms with Crippen LogP contribution in [0.5, 0.6) is 11.5 Å². The Morgan fingerprint density at radius 2 is 1.44 bits per heavy atom. The quantitative estimate of drug-likeness (QED) is 0.394. The van der Waals surface area contributed by atoms with Crippen LogP contribution in [0.15, 0.2) is 67.0 Å². The first kappa shape index (κ1) is 22.9. The fourth-order valence-corrected chi connectivity index (χ4v) is 3.75. The maximum Gasteiger partial charge on any atom is 0.251 e.